The summed E-state index contributed by atoms with van der Waals surface area (Å²) in [6, 6.07) is 19.9. The Balaban J connectivity index is 0.000000161. The molecule has 12 heterocycles. The number of hydrogen-bond acceptors (Lipinski definition) is 11. The first-order chi connectivity index (χ1) is 44.8. The number of carbonyl (C=O) groups excluding carboxylic acids is 4. The Bertz CT molecular complexity index is 3410. The number of aliphatic imine (C=N–C) groups is 1. The molecule has 18 heteroatoms. The molecule has 4 amide bonds. The van der Waals surface area contributed by atoms with Gasteiger partial charge < -0.3 is 44.3 Å². The average Bonchev–Trinajstić information content (AvgIpc) is 1.61. The fourth-order valence-electron chi connectivity index (χ4n) is 17.0. The molecular weight excluding hydrogens is 1260 g/mol. The van der Waals surface area contributed by atoms with Crippen LogP contribution in [0.4, 0.5) is 5.00 Å². The quantitative estimate of drug-likeness (QED) is 0.0876. The van der Waals surface area contributed by atoms with Crippen molar-refractivity contribution in [3.8, 4) is 11.3 Å². The summed E-state index contributed by atoms with van der Waals surface area (Å²) in [5.74, 6) is 3.42. The third kappa shape index (κ3) is 15.8. The van der Waals surface area contributed by atoms with Gasteiger partial charge in [0.15, 0.2) is 0 Å². The third-order valence-electron chi connectivity index (χ3n) is 22.5. The van der Waals surface area contributed by atoms with E-state index in [0.717, 1.165) is 113 Å². The number of H-pyrrole nitrogens is 1. The first-order valence-corrected chi connectivity index (χ1v) is 37.9. The molecule has 9 aliphatic heterocycles. The lowest BCUT2D eigenvalue weighted by atomic mass is 9.86. The van der Waals surface area contributed by atoms with Crippen LogP contribution in [0.3, 0.4) is 0 Å². The maximum absolute atomic E-state index is 14.0. The summed E-state index contributed by atoms with van der Waals surface area (Å²) in [6.07, 6.45) is 19.5. The third-order valence-corrected chi connectivity index (χ3v) is 25.4. The minimum Gasteiger partial charge on any atom is -0.378 e. The van der Waals surface area contributed by atoms with Crippen molar-refractivity contribution in [1.82, 2.24) is 34.8 Å². The van der Waals surface area contributed by atoms with Crippen molar-refractivity contribution in [1.29, 1.82) is 0 Å². The van der Waals surface area contributed by atoms with E-state index in [-0.39, 0.29) is 18.3 Å². The van der Waals surface area contributed by atoms with E-state index in [2.05, 4.69) is 129 Å². The molecule has 5 aromatic rings. The summed E-state index contributed by atoms with van der Waals surface area (Å²) in [5, 5.41) is 5.70. The van der Waals surface area contributed by atoms with E-state index in [1.54, 1.807) is 22.7 Å². The van der Waals surface area contributed by atoms with Crippen molar-refractivity contribution in [2.45, 2.75) is 212 Å². The Kier molecular flexibility index (Phi) is 23.3. The number of morpholine rings is 2. The molecule has 3 aromatic heterocycles. The molecule has 2 N–H and O–H groups in total. The first kappa shape index (κ1) is 70.7. The van der Waals surface area contributed by atoms with E-state index in [1.807, 2.05) is 9.80 Å². The molecule has 14 nitrogen and oxygen atoms in total. The van der Waals surface area contributed by atoms with E-state index < -0.39 is 10.8 Å². The number of halogens is 2. The molecule has 1 unspecified atom stereocenters. The standard InChI is InChI=1S/C38H52N4O3S.C26H31ClN2OS.C12H22N2O2.ClH/c1-25-21-26(2)23-28(22-25)35-31(13-16-40-14-11-27(12-15-40)5-10-34(43)41-17-19-45-20-18-41)32-24-33(46-36(32)39-35)38(3,4)37(44)42-29-6-7-30(42)9-8-29;1-15-11-16(2)13-17(12-15)23-20(9-10-27)21-14-22(31-24(21)28-23)26(3,4)25(30)29-18-5-6-19(29)8-7-18;15-12(14-7-9-16-10-8-14)2-1-11-3-5-13-6-4-11;/h21-24,27,29-30,39H,5-20H2,1-4H3;11-14,18-20H,5-10H2,1-4H3;11,13H,1-10H2;1H. The normalized spacial score (nSPS) is 23.2. The van der Waals surface area contributed by atoms with Gasteiger partial charge >= 0.3 is 0 Å². The molecule has 2 aromatic carbocycles. The van der Waals surface area contributed by atoms with Gasteiger partial charge in [0, 0.05) is 96.7 Å². The molecule has 9 aliphatic rings. The van der Waals surface area contributed by atoms with Crippen molar-refractivity contribution in [3.63, 3.8) is 0 Å². The van der Waals surface area contributed by atoms with Crippen LogP contribution in [0.2, 0.25) is 0 Å². The topological polar surface area (TPSA) is 143 Å². The van der Waals surface area contributed by atoms with E-state index in [4.69, 9.17) is 26.1 Å². The highest BCUT2D eigenvalue weighted by Crippen LogP contribution is 2.51. The Hall–Kier alpha value is -4.65. The van der Waals surface area contributed by atoms with Crippen LogP contribution in [0.25, 0.3) is 21.5 Å². The molecule has 8 saturated heterocycles. The summed E-state index contributed by atoms with van der Waals surface area (Å²) in [5.41, 5.74) is 11.5. The number of alkyl halides is 1. The summed E-state index contributed by atoms with van der Waals surface area (Å²) in [6.45, 7) is 28.4. The van der Waals surface area contributed by atoms with Crippen molar-refractivity contribution in [3.05, 3.63) is 97.2 Å². The first-order valence-electron chi connectivity index (χ1n) is 35.7. The van der Waals surface area contributed by atoms with Gasteiger partial charge in [-0.1, -0.05) is 46.5 Å². The molecule has 1 atom stereocenters. The van der Waals surface area contributed by atoms with Crippen molar-refractivity contribution in [2.75, 3.05) is 91.2 Å². The minimum absolute atomic E-state index is 0. The Morgan fingerprint density at radius 2 is 1.03 bits per heavy atom. The van der Waals surface area contributed by atoms with Crippen LogP contribution in [0.15, 0.2) is 53.5 Å². The zero-order valence-electron chi connectivity index (χ0n) is 57.5. The number of rotatable bonds is 17. The number of piperidine rings is 2. The van der Waals surface area contributed by atoms with Gasteiger partial charge in [-0.05, 0) is 243 Å². The molecule has 0 radical (unpaired) electrons. The van der Waals surface area contributed by atoms with Gasteiger partial charge in [0.1, 0.15) is 9.83 Å². The number of nitrogens with one attached hydrogen (secondary N) is 2. The second-order valence-electron chi connectivity index (χ2n) is 29.9. The highest BCUT2D eigenvalue weighted by Gasteiger charge is 2.49. The zero-order valence-corrected chi connectivity index (χ0v) is 60.7. The molecule has 0 aliphatic carbocycles. The number of carbonyl (C=O) groups is 4. The van der Waals surface area contributed by atoms with Gasteiger partial charge in [-0.3, -0.25) is 19.2 Å². The number of nitrogens with zero attached hydrogens (tertiary/aromatic N) is 6. The smallest absolute Gasteiger partial charge is 0.233 e. The Morgan fingerprint density at radius 3 is 1.51 bits per heavy atom. The number of thiophene rings is 2. The number of fused-ring (bicyclic) bond motifs is 6. The van der Waals surface area contributed by atoms with E-state index >= 15 is 0 Å². The summed E-state index contributed by atoms with van der Waals surface area (Å²) < 4.78 is 10.7. The molecule has 0 saturated carbocycles. The van der Waals surface area contributed by atoms with Gasteiger partial charge in [0.2, 0.25) is 23.6 Å². The SMILES string of the molecule is Cc1cc(C)cc(-c2[nH]c3sc(C(C)(C)C(=O)N4C5CCC4CC5)cc3c2CCN2CCC(CCC(=O)N3CCOCC3)CC2)c1.Cc1cc(C)cc(C2=Nc3sc(C(C)(C)C(=O)N4C5CCC4CC5)cc3C2CCCl)c1.Cl.O=C(CCC1CCNCC1)N1CCOCC1. The fourth-order valence-corrected chi connectivity index (χ4v) is 19.6. The van der Waals surface area contributed by atoms with Crippen LogP contribution in [0.5, 0.6) is 0 Å². The monoisotopic (exact) mass is 1360 g/mol. The van der Waals surface area contributed by atoms with Gasteiger partial charge in [-0.25, -0.2) is 4.99 Å². The van der Waals surface area contributed by atoms with Crippen LogP contribution in [-0.2, 0) is 45.9 Å². The summed E-state index contributed by atoms with van der Waals surface area (Å²) in [7, 11) is 0. The molecule has 8 fully saturated rings. The number of aromatic amines is 1. The number of likely N-dealkylation sites (tertiary alicyclic amines) is 1. The van der Waals surface area contributed by atoms with Gasteiger partial charge in [-0.2, -0.15) is 0 Å². The van der Waals surface area contributed by atoms with E-state index in [1.165, 1.54) is 142 Å². The second-order valence-corrected chi connectivity index (χ2v) is 32.3. The van der Waals surface area contributed by atoms with Crippen LogP contribution >= 0.6 is 46.7 Å². The predicted octanol–water partition coefficient (Wildman–Crippen LogP) is 14.5. The van der Waals surface area contributed by atoms with Crippen molar-refractivity contribution < 1.29 is 28.7 Å². The lowest BCUT2D eigenvalue weighted by Crippen LogP contribution is -2.45. The largest absolute Gasteiger partial charge is 0.378 e. The van der Waals surface area contributed by atoms with Crippen molar-refractivity contribution in [2.24, 2.45) is 16.8 Å². The molecule has 4 bridgehead atoms. The Labute approximate surface area is 579 Å². The van der Waals surface area contributed by atoms with Crippen LogP contribution in [0, 0.1) is 39.5 Å². The highest BCUT2D eigenvalue weighted by molar-refractivity contribution is 7.19. The maximum atomic E-state index is 14.0. The van der Waals surface area contributed by atoms with Gasteiger partial charge in [-0.15, -0.1) is 46.7 Å². The number of aromatic nitrogens is 1. The number of ether oxygens (including phenoxy) is 2. The molecule has 512 valence electrons. The zero-order chi connectivity index (χ0) is 65.1. The molecule has 94 heavy (non-hydrogen) atoms. The maximum Gasteiger partial charge on any atom is 0.233 e. The van der Waals surface area contributed by atoms with Crippen molar-refractivity contribution >= 4 is 91.2 Å². The second kappa shape index (κ2) is 31.0. The summed E-state index contributed by atoms with van der Waals surface area (Å²) >= 11 is 9.70. The predicted molar refractivity (Wildman–Crippen MR) is 386 cm³/mol. The summed E-state index contributed by atoms with van der Waals surface area (Å²) in [4.78, 5) is 75.6. The van der Waals surface area contributed by atoms with E-state index in [9.17, 15) is 19.2 Å². The highest BCUT2D eigenvalue weighted by atomic mass is 35.5. The fraction of sp³-hybridized carbons (Fsp3) is 0.645. The lowest BCUT2D eigenvalue weighted by molar-refractivity contribution is -0.138. The number of aryl methyl sites for hydroxylation is 4. The average molecular weight is 1360 g/mol. The molecular formula is C76H106Cl2N8O6S2. The van der Waals surface area contributed by atoms with Gasteiger partial charge in [0.25, 0.3) is 0 Å². The van der Waals surface area contributed by atoms with Crippen LogP contribution in [0.1, 0.15) is 191 Å². The minimum atomic E-state index is -0.530. The molecule has 14 rings (SSSR count). The number of hydrogen-bond donors (Lipinski definition) is 2. The van der Waals surface area contributed by atoms with Crippen LogP contribution < -0.4 is 5.32 Å². The molecule has 0 spiro atoms. The number of amides is 4. The number of benzene rings is 2. The Morgan fingerprint density at radius 1 is 0.574 bits per heavy atom. The van der Waals surface area contributed by atoms with Crippen LogP contribution in [-0.4, -0.2) is 174 Å². The van der Waals surface area contributed by atoms with Gasteiger partial charge in [0.05, 0.1) is 48.7 Å². The lowest BCUT2D eigenvalue weighted by Gasteiger charge is -2.33. The van der Waals surface area contributed by atoms with E-state index in [0.29, 0.717) is 92.4 Å².